The van der Waals surface area contributed by atoms with Crippen molar-refractivity contribution in [2.75, 3.05) is 0 Å². The van der Waals surface area contributed by atoms with Crippen LogP contribution >= 0.6 is 11.8 Å². The van der Waals surface area contributed by atoms with Gasteiger partial charge in [0.25, 0.3) is 0 Å². The predicted octanol–water partition coefficient (Wildman–Crippen LogP) is 4.23. The summed E-state index contributed by atoms with van der Waals surface area (Å²) in [6, 6.07) is 9.54. The van der Waals surface area contributed by atoms with Crippen LogP contribution in [0.5, 0.6) is 0 Å². The molecule has 8 heteroatoms. The standard InChI is InChI=1S/C24H29N5O2S/c1-15(32-23-26-19-5-2-3-6-20(19)29(23)8-4-7-25)21(30)27-22(31)28-24-12-16-9-17(13-24)11-18(10-16)14-24/h2-3,5-6,15-18H,4,8-14H2,1H3,(H2,27,28,30,31)/t15-,16?,17?,18?,24?/m0/s1. The number of carbonyl (C=O) groups is 2. The molecule has 168 valence electrons. The van der Waals surface area contributed by atoms with Gasteiger partial charge in [-0.25, -0.2) is 9.78 Å². The van der Waals surface area contributed by atoms with Crippen molar-refractivity contribution in [2.24, 2.45) is 17.8 Å². The zero-order valence-corrected chi connectivity index (χ0v) is 19.2. The quantitative estimate of drug-likeness (QED) is 0.641. The lowest BCUT2D eigenvalue weighted by Crippen LogP contribution is -2.62. The summed E-state index contributed by atoms with van der Waals surface area (Å²) in [6.07, 6.45) is 7.43. The van der Waals surface area contributed by atoms with Crippen LogP contribution in [0.3, 0.4) is 0 Å². The molecule has 0 unspecified atom stereocenters. The second-order valence-electron chi connectivity index (χ2n) is 9.84. The van der Waals surface area contributed by atoms with Crippen molar-refractivity contribution < 1.29 is 9.59 Å². The highest BCUT2D eigenvalue weighted by Crippen LogP contribution is 2.55. The SMILES string of the molecule is C[C@H](Sc1nc2ccccc2n1CCC#N)C(=O)NC(=O)NC12CC3CC(CC(C3)C1)C2. The number of para-hydroxylation sites is 2. The summed E-state index contributed by atoms with van der Waals surface area (Å²) in [7, 11) is 0. The average molecular weight is 452 g/mol. The number of fused-ring (bicyclic) bond motifs is 1. The Hall–Kier alpha value is -2.53. The lowest BCUT2D eigenvalue weighted by Gasteiger charge is -2.56. The van der Waals surface area contributed by atoms with Crippen LogP contribution < -0.4 is 10.6 Å². The number of nitrogens with zero attached hydrogens (tertiary/aromatic N) is 3. The number of nitriles is 1. The highest BCUT2D eigenvalue weighted by atomic mass is 32.2. The van der Waals surface area contributed by atoms with E-state index in [0.717, 1.165) is 48.0 Å². The lowest BCUT2D eigenvalue weighted by molar-refractivity contribution is -0.119. The fourth-order valence-corrected chi connectivity index (χ4v) is 7.43. The Morgan fingerprint density at radius 3 is 2.53 bits per heavy atom. The van der Waals surface area contributed by atoms with E-state index < -0.39 is 5.25 Å². The molecule has 1 atom stereocenters. The van der Waals surface area contributed by atoms with Gasteiger partial charge in [-0.3, -0.25) is 10.1 Å². The molecular weight excluding hydrogens is 422 g/mol. The minimum atomic E-state index is -0.491. The fourth-order valence-electron chi connectivity index (χ4n) is 6.48. The molecule has 4 saturated carbocycles. The highest BCUT2D eigenvalue weighted by molar-refractivity contribution is 8.00. The third-order valence-electron chi connectivity index (χ3n) is 7.37. The van der Waals surface area contributed by atoms with Crippen LogP contribution in [0.1, 0.15) is 51.9 Å². The Morgan fingerprint density at radius 1 is 1.22 bits per heavy atom. The molecule has 6 rings (SSSR count). The topological polar surface area (TPSA) is 99.8 Å². The lowest BCUT2D eigenvalue weighted by atomic mass is 9.53. The molecule has 1 heterocycles. The van der Waals surface area contributed by atoms with E-state index in [9.17, 15) is 9.59 Å². The summed E-state index contributed by atoms with van der Waals surface area (Å²) in [5.74, 6) is 1.87. The molecule has 0 aliphatic heterocycles. The van der Waals surface area contributed by atoms with Gasteiger partial charge in [0, 0.05) is 12.1 Å². The number of urea groups is 1. The van der Waals surface area contributed by atoms with Crippen LogP contribution in [0, 0.1) is 29.1 Å². The van der Waals surface area contributed by atoms with Gasteiger partial charge < -0.3 is 9.88 Å². The van der Waals surface area contributed by atoms with Crippen molar-refractivity contribution in [2.45, 2.75) is 74.4 Å². The third-order valence-corrected chi connectivity index (χ3v) is 8.46. The zero-order valence-electron chi connectivity index (χ0n) is 18.3. The number of imidazole rings is 1. The number of rotatable bonds is 6. The molecule has 4 fully saturated rings. The van der Waals surface area contributed by atoms with Crippen molar-refractivity contribution in [1.82, 2.24) is 20.2 Å². The van der Waals surface area contributed by atoms with Crippen molar-refractivity contribution in [3.63, 3.8) is 0 Å². The summed E-state index contributed by atoms with van der Waals surface area (Å²) in [5, 5.41) is 15.0. The molecule has 0 saturated heterocycles. The van der Waals surface area contributed by atoms with Crippen molar-refractivity contribution in [3.05, 3.63) is 24.3 Å². The largest absolute Gasteiger partial charge is 0.332 e. The first-order chi connectivity index (χ1) is 15.4. The number of hydrogen-bond acceptors (Lipinski definition) is 5. The molecule has 3 amide bonds. The molecule has 32 heavy (non-hydrogen) atoms. The zero-order chi connectivity index (χ0) is 22.3. The Bertz CT molecular complexity index is 1050. The van der Waals surface area contributed by atoms with E-state index >= 15 is 0 Å². The Morgan fingerprint density at radius 2 is 1.88 bits per heavy atom. The van der Waals surface area contributed by atoms with Crippen LogP contribution in [0.25, 0.3) is 11.0 Å². The van der Waals surface area contributed by atoms with Crippen LogP contribution in [-0.4, -0.2) is 32.3 Å². The van der Waals surface area contributed by atoms with Gasteiger partial charge in [0.05, 0.1) is 28.8 Å². The van der Waals surface area contributed by atoms with E-state index in [2.05, 4.69) is 21.7 Å². The van der Waals surface area contributed by atoms with E-state index in [1.165, 1.54) is 31.0 Å². The number of benzene rings is 1. The van der Waals surface area contributed by atoms with E-state index in [4.69, 9.17) is 5.26 Å². The molecule has 4 aliphatic rings. The summed E-state index contributed by atoms with van der Waals surface area (Å²) < 4.78 is 1.97. The Kier molecular flexibility index (Phi) is 5.62. The van der Waals surface area contributed by atoms with Gasteiger partial charge in [0.15, 0.2) is 5.16 Å². The van der Waals surface area contributed by atoms with Gasteiger partial charge in [-0.2, -0.15) is 5.26 Å². The third kappa shape index (κ3) is 4.11. The van der Waals surface area contributed by atoms with Gasteiger partial charge in [-0.15, -0.1) is 0 Å². The smallest absolute Gasteiger partial charge is 0.321 e. The minimum Gasteiger partial charge on any atom is -0.332 e. The first-order valence-electron chi connectivity index (χ1n) is 11.6. The minimum absolute atomic E-state index is 0.124. The van der Waals surface area contributed by atoms with Crippen LogP contribution in [0.4, 0.5) is 4.79 Å². The molecule has 0 spiro atoms. The summed E-state index contributed by atoms with van der Waals surface area (Å²) in [5.41, 5.74) is 1.65. The van der Waals surface area contributed by atoms with Crippen molar-refractivity contribution in [1.29, 1.82) is 5.26 Å². The molecule has 4 aliphatic carbocycles. The summed E-state index contributed by atoms with van der Waals surface area (Å²) >= 11 is 1.32. The van der Waals surface area contributed by atoms with Gasteiger partial charge in [-0.05, 0) is 75.3 Å². The first-order valence-corrected chi connectivity index (χ1v) is 12.4. The normalized spacial score (nSPS) is 28.9. The molecule has 1 aromatic heterocycles. The van der Waals surface area contributed by atoms with E-state index in [0.29, 0.717) is 18.1 Å². The van der Waals surface area contributed by atoms with E-state index in [-0.39, 0.29) is 17.5 Å². The number of thioether (sulfide) groups is 1. The number of amides is 3. The monoisotopic (exact) mass is 451 g/mol. The van der Waals surface area contributed by atoms with E-state index in [1.807, 2.05) is 28.8 Å². The van der Waals surface area contributed by atoms with Crippen LogP contribution in [-0.2, 0) is 11.3 Å². The average Bonchev–Trinajstić information content (AvgIpc) is 3.07. The van der Waals surface area contributed by atoms with E-state index in [1.54, 1.807) is 6.92 Å². The van der Waals surface area contributed by atoms with Gasteiger partial charge >= 0.3 is 6.03 Å². The maximum absolute atomic E-state index is 12.8. The second-order valence-corrected chi connectivity index (χ2v) is 11.2. The van der Waals surface area contributed by atoms with Gasteiger partial charge in [-0.1, -0.05) is 23.9 Å². The molecule has 2 aromatic rings. The summed E-state index contributed by atoms with van der Waals surface area (Å²) in [6.45, 7) is 2.30. The predicted molar refractivity (Wildman–Crippen MR) is 123 cm³/mol. The van der Waals surface area contributed by atoms with Crippen molar-refractivity contribution >= 4 is 34.7 Å². The maximum Gasteiger partial charge on any atom is 0.321 e. The van der Waals surface area contributed by atoms with Gasteiger partial charge in [0.1, 0.15) is 0 Å². The fraction of sp³-hybridized carbons (Fsp3) is 0.583. The number of aromatic nitrogens is 2. The number of aryl methyl sites for hydroxylation is 1. The van der Waals surface area contributed by atoms with Crippen LogP contribution in [0.15, 0.2) is 29.4 Å². The first kappa shape index (κ1) is 21.3. The molecule has 2 N–H and O–H groups in total. The number of hydrogen-bond donors (Lipinski definition) is 2. The van der Waals surface area contributed by atoms with Crippen LogP contribution in [0.2, 0.25) is 0 Å². The molecule has 4 bridgehead atoms. The highest BCUT2D eigenvalue weighted by Gasteiger charge is 2.51. The Balaban J connectivity index is 1.23. The Labute approximate surface area is 192 Å². The second kappa shape index (κ2) is 8.43. The maximum atomic E-state index is 12.8. The molecule has 1 aromatic carbocycles. The number of nitrogens with one attached hydrogen (secondary N) is 2. The van der Waals surface area contributed by atoms with Crippen molar-refractivity contribution in [3.8, 4) is 6.07 Å². The molecular formula is C24H29N5O2S. The van der Waals surface area contributed by atoms with Gasteiger partial charge in [0.2, 0.25) is 5.91 Å². The number of imide groups is 1. The molecule has 7 nitrogen and oxygen atoms in total. The number of carbonyl (C=O) groups excluding carboxylic acids is 2. The molecule has 0 radical (unpaired) electrons. The summed E-state index contributed by atoms with van der Waals surface area (Å²) in [4.78, 5) is 30.2.